The normalized spacial score (nSPS) is 13.4. The summed E-state index contributed by atoms with van der Waals surface area (Å²) >= 11 is 0. The predicted octanol–water partition coefficient (Wildman–Crippen LogP) is 3.42. The van der Waals surface area contributed by atoms with Crippen LogP contribution in [0.5, 0.6) is 0 Å². The summed E-state index contributed by atoms with van der Waals surface area (Å²) in [5, 5.41) is 1.27. The lowest BCUT2D eigenvalue weighted by atomic mass is 10.1. The van der Waals surface area contributed by atoms with Crippen molar-refractivity contribution in [2.24, 2.45) is 0 Å². The van der Waals surface area contributed by atoms with Gasteiger partial charge in [-0.1, -0.05) is 35.4 Å². The van der Waals surface area contributed by atoms with Gasteiger partial charge in [0.1, 0.15) is 5.58 Å². The van der Waals surface area contributed by atoms with Crippen LogP contribution in [0.4, 0.5) is 0 Å². The van der Waals surface area contributed by atoms with Crippen molar-refractivity contribution >= 4 is 28.8 Å². The minimum Gasteiger partial charge on any atom is -0.448 e. The van der Waals surface area contributed by atoms with Gasteiger partial charge in [0.25, 0.3) is 11.8 Å². The fourth-order valence-electron chi connectivity index (χ4n) is 2.95. The molecule has 1 aromatic heterocycles. The number of hydrogen-bond acceptors (Lipinski definition) is 5. The lowest BCUT2D eigenvalue weighted by Crippen LogP contribution is -2.32. The SMILES string of the molecule is Cc1c(C(=O)ON2C(=O)c3ccccc3C2=O)oc2c(C)cccc12. The van der Waals surface area contributed by atoms with Crippen LogP contribution < -0.4 is 0 Å². The van der Waals surface area contributed by atoms with Crippen molar-refractivity contribution in [1.82, 2.24) is 5.06 Å². The van der Waals surface area contributed by atoms with Gasteiger partial charge in [-0.2, -0.15) is 0 Å². The second-order valence-corrected chi connectivity index (χ2v) is 5.84. The van der Waals surface area contributed by atoms with E-state index in [1.165, 1.54) is 12.1 Å². The molecule has 4 rings (SSSR count). The molecule has 0 fully saturated rings. The molecule has 1 aliphatic heterocycles. The Morgan fingerprint density at radius 2 is 1.60 bits per heavy atom. The van der Waals surface area contributed by atoms with E-state index in [0.717, 1.165) is 10.9 Å². The second-order valence-electron chi connectivity index (χ2n) is 5.84. The topological polar surface area (TPSA) is 76.8 Å². The first-order valence-electron chi connectivity index (χ1n) is 7.68. The van der Waals surface area contributed by atoms with Crippen LogP contribution >= 0.6 is 0 Å². The van der Waals surface area contributed by atoms with Crippen LogP contribution in [0.2, 0.25) is 0 Å². The third kappa shape index (κ3) is 2.15. The summed E-state index contributed by atoms with van der Waals surface area (Å²) in [5.41, 5.74) is 2.46. The Bertz CT molecular complexity index is 1030. The summed E-state index contributed by atoms with van der Waals surface area (Å²) < 4.78 is 5.63. The average molecular weight is 335 g/mol. The first kappa shape index (κ1) is 15.1. The Morgan fingerprint density at radius 1 is 0.960 bits per heavy atom. The van der Waals surface area contributed by atoms with Crippen LogP contribution in [-0.4, -0.2) is 22.8 Å². The molecule has 25 heavy (non-hydrogen) atoms. The largest absolute Gasteiger partial charge is 0.448 e. The molecule has 3 aromatic rings. The van der Waals surface area contributed by atoms with Gasteiger partial charge in [0.05, 0.1) is 11.1 Å². The highest BCUT2D eigenvalue weighted by Crippen LogP contribution is 2.29. The van der Waals surface area contributed by atoms with E-state index in [1.807, 2.05) is 25.1 Å². The third-order valence-corrected chi connectivity index (χ3v) is 4.28. The van der Waals surface area contributed by atoms with Crippen molar-refractivity contribution in [2.45, 2.75) is 13.8 Å². The molecule has 6 nitrogen and oxygen atoms in total. The van der Waals surface area contributed by atoms with Crippen molar-refractivity contribution in [1.29, 1.82) is 0 Å². The van der Waals surface area contributed by atoms with E-state index in [9.17, 15) is 14.4 Å². The average Bonchev–Trinajstić information content (AvgIpc) is 3.07. The van der Waals surface area contributed by atoms with Gasteiger partial charge < -0.3 is 9.25 Å². The van der Waals surface area contributed by atoms with E-state index in [0.29, 0.717) is 16.2 Å². The predicted molar refractivity (Wildman–Crippen MR) is 88.0 cm³/mol. The van der Waals surface area contributed by atoms with Gasteiger partial charge in [-0.15, -0.1) is 0 Å². The van der Waals surface area contributed by atoms with Crippen molar-refractivity contribution in [3.8, 4) is 0 Å². The van der Waals surface area contributed by atoms with E-state index >= 15 is 0 Å². The van der Waals surface area contributed by atoms with Gasteiger partial charge in [0.15, 0.2) is 0 Å². The molecule has 0 bridgehead atoms. The number of carbonyl (C=O) groups excluding carboxylic acids is 3. The standard InChI is InChI=1S/C19H13NO5/c1-10-6-5-9-12-11(2)16(24-15(10)12)19(23)25-20-17(21)13-7-3-4-8-14(13)18(20)22/h3-9H,1-2H3. The fraction of sp³-hybridized carbons (Fsp3) is 0.105. The lowest BCUT2D eigenvalue weighted by Gasteiger charge is -2.11. The highest BCUT2D eigenvalue weighted by atomic mass is 16.7. The summed E-state index contributed by atoms with van der Waals surface area (Å²) in [7, 11) is 0. The number of furan rings is 1. The van der Waals surface area contributed by atoms with Gasteiger partial charge in [0, 0.05) is 10.9 Å². The van der Waals surface area contributed by atoms with Gasteiger partial charge >= 0.3 is 5.97 Å². The zero-order chi connectivity index (χ0) is 17.7. The maximum Gasteiger partial charge on any atom is 0.399 e. The molecule has 0 atom stereocenters. The molecule has 2 amide bonds. The number of nitrogens with zero attached hydrogens (tertiary/aromatic N) is 1. The molecule has 0 saturated heterocycles. The Morgan fingerprint density at radius 3 is 2.20 bits per heavy atom. The van der Waals surface area contributed by atoms with Crippen LogP contribution in [0.3, 0.4) is 0 Å². The molecular formula is C19H13NO5. The summed E-state index contributed by atoms with van der Waals surface area (Å²) in [6.45, 7) is 3.59. The molecular weight excluding hydrogens is 322 g/mol. The van der Waals surface area contributed by atoms with E-state index in [2.05, 4.69) is 0 Å². The quantitative estimate of drug-likeness (QED) is 0.671. The van der Waals surface area contributed by atoms with Crippen molar-refractivity contribution in [2.75, 3.05) is 0 Å². The Hall–Kier alpha value is -3.41. The van der Waals surface area contributed by atoms with Crippen LogP contribution in [0, 0.1) is 13.8 Å². The lowest BCUT2D eigenvalue weighted by molar-refractivity contribution is -0.0602. The number of rotatable bonds is 2. The minimum atomic E-state index is -0.886. The summed E-state index contributed by atoms with van der Waals surface area (Å²) in [6.07, 6.45) is 0. The van der Waals surface area contributed by atoms with Crippen LogP contribution in [0.1, 0.15) is 42.4 Å². The zero-order valence-electron chi connectivity index (χ0n) is 13.5. The molecule has 1 aliphatic rings. The number of imide groups is 1. The number of fused-ring (bicyclic) bond motifs is 2. The number of amides is 2. The fourth-order valence-corrected chi connectivity index (χ4v) is 2.95. The highest BCUT2D eigenvalue weighted by molar-refractivity contribution is 6.21. The van der Waals surface area contributed by atoms with Crippen molar-refractivity contribution in [3.05, 3.63) is 70.5 Å². The van der Waals surface area contributed by atoms with E-state index in [-0.39, 0.29) is 16.9 Å². The molecule has 124 valence electrons. The Balaban J connectivity index is 1.68. The molecule has 0 unspecified atom stereocenters. The number of para-hydroxylation sites is 1. The molecule has 0 N–H and O–H groups in total. The Labute approximate surface area is 142 Å². The summed E-state index contributed by atoms with van der Waals surface area (Å²) in [4.78, 5) is 42.1. The number of hydrogen-bond donors (Lipinski definition) is 0. The van der Waals surface area contributed by atoms with E-state index in [1.54, 1.807) is 19.1 Å². The van der Waals surface area contributed by atoms with Gasteiger partial charge in [-0.25, -0.2) is 4.79 Å². The monoisotopic (exact) mass is 335 g/mol. The molecule has 0 spiro atoms. The highest BCUT2D eigenvalue weighted by Gasteiger charge is 2.39. The number of aryl methyl sites for hydroxylation is 2. The van der Waals surface area contributed by atoms with Crippen LogP contribution in [0.15, 0.2) is 46.9 Å². The Kier molecular flexibility index (Phi) is 3.21. The molecule has 0 radical (unpaired) electrons. The third-order valence-electron chi connectivity index (χ3n) is 4.28. The van der Waals surface area contributed by atoms with Gasteiger partial charge in [-0.05, 0) is 31.5 Å². The summed E-state index contributed by atoms with van der Waals surface area (Å²) in [6, 6.07) is 11.9. The van der Waals surface area contributed by atoms with E-state index in [4.69, 9.17) is 9.25 Å². The summed E-state index contributed by atoms with van der Waals surface area (Å²) in [5.74, 6) is -2.25. The molecule has 2 heterocycles. The second kappa shape index (κ2) is 5.31. The van der Waals surface area contributed by atoms with Gasteiger partial charge in [0.2, 0.25) is 5.76 Å². The molecule has 0 aliphatic carbocycles. The minimum absolute atomic E-state index is 0.0270. The maximum atomic E-state index is 12.5. The van der Waals surface area contributed by atoms with Crippen molar-refractivity contribution in [3.63, 3.8) is 0 Å². The smallest absolute Gasteiger partial charge is 0.399 e. The first-order valence-corrected chi connectivity index (χ1v) is 7.68. The zero-order valence-corrected chi connectivity index (χ0v) is 13.5. The van der Waals surface area contributed by atoms with Crippen LogP contribution in [0.25, 0.3) is 11.0 Å². The van der Waals surface area contributed by atoms with E-state index < -0.39 is 17.8 Å². The van der Waals surface area contributed by atoms with Gasteiger partial charge in [-0.3, -0.25) is 9.59 Å². The van der Waals surface area contributed by atoms with Crippen molar-refractivity contribution < 1.29 is 23.6 Å². The number of benzene rings is 2. The number of carbonyl (C=O) groups is 3. The molecule has 6 heteroatoms. The molecule has 2 aromatic carbocycles. The van der Waals surface area contributed by atoms with Crippen LogP contribution in [-0.2, 0) is 4.84 Å². The maximum absolute atomic E-state index is 12.5. The number of hydroxylamine groups is 2. The first-order chi connectivity index (χ1) is 12.0. The molecule has 0 saturated carbocycles.